The maximum atomic E-state index is 11.7. The number of amides is 2. The van der Waals surface area contributed by atoms with Gasteiger partial charge in [-0.05, 0) is 6.42 Å². The number of nitrogens with one attached hydrogen (secondary N) is 2. The second kappa shape index (κ2) is 8.96. The summed E-state index contributed by atoms with van der Waals surface area (Å²) in [5, 5.41) is 9.92. The number of carbonyl (C=O) groups excluding carboxylic acids is 1. The number of rotatable bonds is 8. The Hall–Kier alpha value is -1.30. The average Bonchev–Trinajstić information content (AvgIpc) is 2.25. The summed E-state index contributed by atoms with van der Waals surface area (Å²) in [7, 11) is 1.59. The van der Waals surface area contributed by atoms with E-state index in [9.17, 15) is 4.79 Å². The van der Waals surface area contributed by atoms with Gasteiger partial charge in [0.15, 0.2) is 0 Å². The van der Waals surface area contributed by atoms with Crippen LogP contribution in [0, 0.1) is 5.41 Å². The van der Waals surface area contributed by atoms with E-state index in [1.165, 1.54) is 0 Å². The van der Waals surface area contributed by atoms with E-state index in [4.69, 9.17) is 15.9 Å². The lowest BCUT2D eigenvalue weighted by molar-refractivity contribution is 0.150. The number of methoxy groups -OCH3 is 1. The molecule has 0 aromatic rings. The summed E-state index contributed by atoms with van der Waals surface area (Å²) in [5.41, 5.74) is 5.26. The highest BCUT2D eigenvalue weighted by Crippen LogP contribution is 1.93. The molecule has 2 amide bonds. The van der Waals surface area contributed by atoms with E-state index in [0.717, 1.165) is 6.42 Å². The van der Waals surface area contributed by atoms with Gasteiger partial charge in [0.25, 0.3) is 0 Å². The Morgan fingerprint density at radius 2 is 2.19 bits per heavy atom. The van der Waals surface area contributed by atoms with E-state index in [1.807, 2.05) is 6.92 Å². The molecule has 0 rings (SSSR count). The molecule has 0 aliphatic carbocycles. The zero-order chi connectivity index (χ0) is 12.4. The molecule has 0 aromatic carbocycles. The van der Waals surface area contributed by atoms with Gasteiger partial charge in [0, 0.05) is 33.2 Å². The molecule has 0 atom stereocenters. The standard InChI is InChI=1S/C10H22N4O2/c1-3-5-13-10(15)14(7-8-16-2)6-4-9(11)12/h3-8H2,1-2H3,(H3,11,12)(H,13,15). The Kier molecular flexibility index (Phi) is 8.24. The van der Waals surface area contributed by atoms with Gasteiger partial charge in [0.05, 0.1) is 12.4 Å². The number of nitrogens with two attached hydrogens (primary N) is 1. The monoisotopic (exact) mass is 230 g/mol. The molecule has 0 fully saturated rings. The molecule has 0 spiro atoms. The van der Waals surface area contributed by atoms with Crippen molar-refractivity contribution in [3.05, 3.63) is 0 Å². The van der Waals surface area contributed by atoms with Crippen LogP contribution in [0.15, 0.2) is 0 Å². The Bertz CT molecular complexity index is 221. The number of hydrogen-bond acceptors (Lipinski definition) is 3. The topological polar surface area (TPSA) is 91.4 Å². The Balaban J connectivity index is 4.06. The minimum atomic E-state index is -0.125. The quantitative estimate of drug-likeness (QED) is 0.416. The number of carbonyl (C=O) groups is 1. The molecule has 0 aliphatic rings. The van der Waals surface area contributed by atoms with Gasteiger partial charge in [-0.3, -0.25) is 5.41 Å². The SMILES string of the molecule is CCCNC(=O)N(CCOC)CCC(=N)N. The largest absolute Gasteiger partial charge is 0.388 e. The van der Waals surface area contributed by atoms with E-state index < -0.39 is 0 Å². The lowest BCUT2D eigenvalue weighted by Crippen LogP contribution is -2.43. The van der Waals surface area contributed by atoms with Gasteiger partial charge in [0.2, 0.25) is 0 Å². The number of hydrogen-bond donors (Lipinski definition) is 3. The molecule has 0 unspecified atom stereocenters. The summed E-state index contributed by atoms with van der Waals surface area (Å²) in [6, 6.07) is -0.125. The molecule has 0 aliphatic heterocycles. The van der Waals surface area contributed by atoms with Gasteiger partial charge >= 0.3 is 6.03 Å². The van der Waals surface area contributed by atoms with Crippen LogP contribution in [0.25, 0.3) is 0 Å². The Labute approximate surface area is 96.6 Å². The molecule has 0 radical (unpaired) electrons. The maximum Gasteiger partial charge on any atom is 0.317 e. The fourth-order valence-corrected chi connectivity index (χ4v) is 1.12. The van der Waals surface area contributed by atoms with Crippen LogP contribution in [0.5, 0.6) is 0 Å². The van der Waals surface area contributed by atoms with Gasteiger partial charge < -0.3 is 20.7 Å². The second-order valence-electron chi connectivity index (χ2n) is 3.49. The van der Waals surface area contributed by atoms with E-state index in [2.05, 4.69) is 5.32 Å². The van der Waals surface area contributed by atoms with Gasteiger partial charge in [-0.2, -0.15) is 0 Å². The number of ether oxygens (including phenoxy) is 1. The highest BCUT2D eigenvalue weighted by Gasteiger charge is 2.12. The van der Waals surface area contributed by atoms with Crippen molar-refractivity contribution in [2.24, 2.45) is 5.73 Å². The van der Waals surface area contributed by atoms with Crippen molar-refractivity contribution < 1.29 is 9.53 Å². The van der Waals surface area contributed by atoms with Crippen LogP contribution in [0.4, 0.5) is 4.79 Å². The lowest BCUT2D eigenvalue weighted by atomic mass is 10.3. The first-order valence-corrected chi connectivity index (χ1v) is 5.46. The van der Waals surface area contributed by atoms with Crippen LogP contribution in [0.2, 0.25) is 0 Å². The Morgan fingerprint density at radius 3 is 2.69 bits per heavy atom. The van der Waals surface area contributed by atoms with E-state index in [1.54, 1.807) is 12.0 Å². The highest BCUT2D eigenvalue weighted by molar-refractivity contribution is 5.78. The number of urea groups is 1. The molecule has 6 heteroatoms. The predicted octanol–water partition coefficient (Wildman–Crippen LogP) is 0.380. The smallest absolute Gasteiger partial charge is 0.317 e. The van der Waals surface area contributed by atoms with Crippen LogP contribution in [-0.2, 0) is 4.74 Å². The van der Waals surface area contributed by atoms with Crippen molar-refractivity contribution in [3.8, 4) is 0 Å². The summed E-state index contributed by atoms with van der Waals surface area (Å²) in [6.07, 6.45) is 1.29. The fourth-order valence-electron chi connectivity index (χ4n) is 1.12. The first-order valence-electron chi connectivity index (χ1n) is 5.46. The molecular weight excluding hydrogens is 208 g/mol. The Morgan fingerprint density at radius 1 is 1.50 bits per heavy atom. The first-order chi connectivity index (χ1) is 7.61. The van der Waals surface area contributed by atoms with Crippen molar-refractivity contribution in [3.63, 3.8) is 0 Å². The molecule has 0 aromatic heterocycles. The fraction of sp³-hybridized carbons (Fsp3) is 0.800. The number of amidine groups is 1. The van der Waals surface area contributed by atoms with Crippen LogP contribution in [0.3, 0.4) is 0 Å². The van der Waals surface area contributed by atoms with Crippen LogP contribution in [0.1, 0.15) is 19.8 Å². The normalized spacial score (nSPS) is 9.88. The lowest BCUT2D eigenvalue weighted by Gasteiger charge is -2.22. The predicted molar refractivity (Wildman–Crippen MR) is 63.7 cm³/mol. The summed E-state index contributed by atoms with van der Waals surface area (Å²) in [4.78, 5) is 13.3. The average molecular weight is 230 g/mol. The zero-order valence-corrected chi connectivity index (χ0v) is 10.1. The molecular formula is C10H22N4O2. The van der Waals surface area contributed by atoms with Crippen molar-refractivity contribution in [1.29, 1.82) is 5.41 Å². The van der Waals surface area contributed by atoms with Crippen LogP contribution < -0.4 is 11.1 Å². The minimum Gasteiger partial charge on any atom is -0.388 e. The highest BCUT2D eigenvalue weighted by atomic mass is 16.5. The third kappa shape index (κ3) is 7.05. The summed E-state index contributed by atoms with van der Waals surface area (Å²) in [5.74, 6) is 0.0886. The molecule has 4 N–H and O–H groups in total. The number of nitrogens with zero attached hydrogens (tertiary/aromatic N) is 1. The zero-order valence-electron chi connectivity index (χ0n) is 10.1. The van der Waals surface area contributed by atoms with Crippen molar-refractivity contribution in [1.82, 2.24) is 10.2 Å². The van der Waals surface area contributed by atoms with Gasteiger partial charge in [-0.25, -0.2) is 4.79 Å². The first kappa shape index (κ1) is 14.7. The summed E-state index contributed by atoms with van der Waals surface area (Å²) in [6.45, 7) is 4.10. The molecule has 0 saturated heterocycles. The molecule has 0 heterocycles. The molecule has 94 valence electrons. The van der Waals surface area contributed by atoms with Crippen molar-refractivity contribution >= 4 is 11.9 Å². The third-order valence-corrected chi connectivity index (χ3v) is 2.03. The summed E-state index contributed by atoms with van der Waals surface area (Å²) < 4.78 is 4.93. The summed E-state index contributed by atoms with van der Waals surface area (Å²) >= 11 is 0. The van der Waals surface area contributed by atoms with Crippen molar-refractivity contribution in [2.45, 2.75) is 19.8 Å². The molecule has 16 heavy (non-hydrogen) atoms. The van der Waals surface area contributed by atoms with Crippen molar-refractivity contribution in [2.75, 3.05) is 33.4 Å². The molecule has 6 nitrogen and oxygen atoms in total. The maximum absolute atomic E-state index is 11.7. The van der Waals surface area contributed by atoms with E-state index in [0.29, 0.717) is 32.7 Å². The van der Waals surface area contributed by atoms with E-state index >= 15 is 0 Å². The molecule has 0 bridgehead atoms. The third-order valence-electron chi connectivity index (χ3n) is 2.03. The molecule has 0 saturated carbocycles. The van der Waals surface area contributed by atoms with Crippen LogP contribution >= 0.6 is 0 Å². The minimum absolute atomic E-state index is 0.0886. The van der Waals surface area contributed by atoms with Gasteiger partial charge in [0.1, 0.15) is 0 Å². The van der Waals surface area contributed by atoms with Gasteiger partial charge in [-0.1, -0.05) is 6.92 Å². The second-order valence-corrected chi connectivity index (χ2v) is 3.49. The van der Waals surface area contributed by atoms with Crippen LogP contribution in [-0.4, -0.2) is 50.1 Å². The van der Waals surface area contributed by atoms with Gasteiger partial charge in [-0.15, -0.1) is 0 Å². The van der Waals surface area contributed by atoms with E-state index in [-0.39, 0.29) is 11.9 Å².